The first-order valence-electron chi connectivity index (χ1n) is 8.04. The number of halogens is 4. The van der Waals surface area contributed by atoms with Gasteiger partial charge in [-0.25, -0.2) is 0 Å². The van der Waals surface area contributed by atoms with Gasteiger partial charge < -0.3 is 11.1 Å². The molecule has 0 saturated heterocycles. The molecule has 0 heterocycles. The molecular formula is C19H22ClF3N2O. The highest BCUT2D eigenvalue weighted by Gasteiger charge is 2.30. The van der Waals surface area contributed by atoms with Crippen LogP contribution in [0.25, 0.3) is 0 Å². The van der Waals surface area contributed by atoms with E-state index in [1.54, 1.807) is 30.3 Å². The third-order valence-electron chi connectivity index (χ3n) is 4.03. The van der Waals surface area contributed by atoms with Gasteiger partial charge in [-0.3, -0.25) is 4.79 Å². The monoisotopic (exact) mass is 386 g/mol. The summed E-state index contributed by atoms with van der Waals surface area (Å²) in [5, 5.41) is 2.80. The van der Waals surface area contributed by atoms with Crippen molar-refractivity contribution in [3.63, 3.8) is 0 Å². The van der Waals surface area contributed by atoms with Crippen molar-refractivity contribution in [2.75, 3.05) is 12.3 Å². The summed E-state index contributed by atoms with van der Waals surface area (Å²) in [6.45, 7) is 2.26. The second-order valence-corrected chi connectivity index (χ2v) is 6.08. The Kier molecular flexibility index (Phi) is 7.96. The summed E-state index contributed by atoms with van der Waals surface area (Å²) in [4.78, 5) is 11.9. The standard InChI is InChI=1S/C19H21F3N2O.ClH/c1-13(15-3-2-4-16(12-15)19(20,21)22)9-10-24-18(25)11-14-5-7-17(23)8-6-14;/h2-8,12-13H,9-11,23H2,1H3,(H,24,25);1H. The van der Waals surface area contributed by atoms with Crippen molar-refractivity contribution in [2.24, 2.45) is 0 Å². The van der Waals surface area contributed by atoms with Gasteiger partial charge in [0.05, 0.1) is 12.0 Å². The van der Waals surface area contributed by atoms with Gasteiger partial charge in [-0.1, -0.05) is 37.3 Å². The number of anilines is 1. The number of rotatable bonds is 6. The number of benzene rings is 2. The van der Waals surface area contributed by atoms with Gasteiger partial charge >= 0.3 is 6.18 Å². The van der Waals surface area contributed by atoms with Crippen LogP contribution in [0.3, 0.4) is 0 Å². The zero-order chi connectivity index (χ0) is 18.4. The summed E-state index contributed by atoms with van der Waals surface area (Å²) in [5.74, 6) is -0.208. The predicted octanol–water partition coefficient (Wildman–Crippen LogP) is 4.56. The van der Waals surface area contributed by atoms with Gasteiger partial charge in [-0.15, -0.1) is 12.4 Å². The summed E-state index contributed by atoms with van der Waals surface area (Å²) < 4.78 is 38.3. The van der Waals surface area contributed by atoms with Crippen LogP contribution >= 0.6 is 12.4 Å². The molecule has 0 radical (unpaired) electrons. The van der Waals surface area contributed by atoms with Crippen LogP contribution in [-0.4, -0.2) is 12.5 Å². The summed E-state index contributed by atoms with van der Waals surface area (Å²) in [6.07, 6.45) is -3.53. The number of nitrogen functional groups attached to an aromatic ring is 1. The van der Waals surface area contributed by atoms with Crippen LogP contribution in [0.5, 0.6) is 0 Å². The van der Waals surface area contributed by atoms with Crippen LogP contribution in [0.1, 0.15) is 36.0 Å². The average molecular weight is 387 g/mol. The second-order valence-electron chi connectivity index (χ2n) is 6.08. The van der Waals surface area contributed by atoms with Crippen LogP contribution < -0.4 is 11.1 Å². The van der Waals surface area contributed by atoms with Crippen molar-refractivity contribution in [3.05, 3.63) is 65.2 Å². The third-order valence-corrected chi connectivity index (χ3v) is 4.03. The number of alkyl halides is 3. The molecule has 7 heteroatoms. The molecule has 3 N–H and O–H groups in total. The number of amides is 1. The van der Waals surface area contributed by atoms with E-state index in [9.17, 15) is 18.0 Å². The molecule has 0 aliphatic carbocycles. The second kappa shape index (κ2) is 9.48. The van der Waals surface area contributed by atoms with E-state index in [0.29, 0.717) is 24.2 Å². The molecule has 1 unspecified atom stereocenters. The molecule has 3 nitrogen and oxygen atoms in total. The molecule has 0 aromatic heterocycles. The Bertz CT molecular complexity index is 717. The fourth-order valence-electron chi connectivity index (χ4n) is 2.50. The van der Waals surface area contributed by atoms with E-state index in [2.05, 4.69) is 5.32 Å². The van der Waals surface area contributed by atoms with E-state index in [4.69, 9.17) is 5.73 Å². The minimum Gasteiger partial charge on any atom is -0.399 e. The highest BCUT2D eigenvalue weighted by atomic mass is 35.5. The number of nitrogens with two attached hydrogens (primary N) is 1. The molecule has 26 heavy (non-hydrogen) atoms. The molecule has 0 spiro atoms. The predicted molar refractivity (Wildman–Crippen MR) is 99.3 cm³/mol. The molecule has 2 aromatic carbocycles. The maximum atomic E-state index is 12.8. The Hall–Kier alpha value is -2.21. The summed E-state index contributed by atoms with van der Waals surface area (Å²) in [7, 11) is 0. The fraction of sp³-hybridized carbons (Fsp3) is 0.316. The number of hydrogen-bond acceptors (Lipinski definition) is 2. The Labute approximate surface area is 157 Å². The number of hydrogen-bond donors (Lipinski definition) is 2. The normalized spacial score (nSPS) is 12.2. The fourth-order valence-corrected chi connectivity index (χ4v) is 2.50. The SMILES string of the molecule is CC(CCNC(=O)Cc1ccc(N)cc1)c1cccc(C(F)(F)F)c1.Cl. The van der Waals surface area contributed by atoms with Gasteiger partial charge in [-0.2, -0.15) is 13.2 Å². The Morgan fingerprint density at radius 1 is 1.15 bits per heavy atom. The van der Waals surface area contributed by atoms with Crippen molar-refractivity contribution < 1.29 is 18.0 Å². The first-order valence-corrected chi connectivity index (χ1v) is 8.04. The molecule has 0 saturated carbocycles. The third kappa shape index (κ3) is 6.59. The molecule has 0 bridgehead atoms. The van der Waals surface area contributed by atoms with E-state index in [1.165, 1.54) is 12.1 Å². The summed E-state index contributed by atoms with van der Waals surface area (Å²) in [5.41, 5.74) is 7.05. The van der Waals surface area contributed by atoms with Crippen LogP contribution in [0.4, 0.5) is 18.9 Å². The highest BCUT2D eigenvalue weighted by molar-refractivity contribution is 5.85. The van der Waals surface area contributed by atoms with Crippen LogP contribution in [0.15, 0.2) is 48.5 Å². The zero-order valence-electron chi connectivity index (χ0n) is 14.3. The van der Waals surface area contributed by atoms with E-state index in [-0.39, 0.29) is 30.7 Å². The lowest BCUT2D eigenvalue weighted by Crippen LogP contribution is -2.26. The molecular weight excluding hydrogens is 365 g/mol. The van der Waals surface area contributed by atoms with E-state index < -0.39 is 11.7 Å². The van der Waals surface area contributed by atoms with E-state index in [1.807, 2.05) is 6.92 Å². The molecule has 0 aliphatic heterocycles. The average Bonchev–Trinajstić information content (AvgIpc) is 2.56. The van der Waals surface area contributed by atoms with Crippen molar-refractivity contribution in [1.29, 1.82) is 0 Å². The lowest BCUT2D eigenvalue weighted by molar-refractivity contribution is -0.137. The first kappa shape index (κ1) is 21.8. The summed E-state index contributed by atoms with van der Waals surface area (Å²) in [6, 6.07) is 12.4. The van der Waals surface area contributed by atoms with Crippen LogP contribution in [0.2, 0.25) is 0 Å². The van der Waals surface area contributed by atoms with Gasteiger partial charge in [0.15, 0.2) is 0 Å². The quantitative estimate of drug-likeness (QED) is 0.715. The molecule has 1 atom stereocenters. The van der Waals surface area contributed by atoms with Crippen molar-refractivity contribution in [1.82, 2.24) is 5.32 Å². The topological polar surface area (TPSA) is 55.1 Å². The Morgan fingerprint density at radius 3 is 2.42 bits per heavy atom. The van der Waals surface area contributed by atoms with Crippen molar-refractivity contribution in [2.45, 2.75) is 31.9 Å². The van der Waals surface area contributed by atoms with Gasteiger partial charge in [0.25, 0.3) is 0 Å². The maximum absolute atomic E-state index is 12.8. The van der Waals surface area contributed by atoms with Crippen molar-refractivity contribution in [3.8, 4) is 0 Å². The van der Waals surface area contributed by atoms with Gasteiger partial charge in [0, 0.05) is 12.2 Å². The lowest BCUT2D eigenvalue weighted by atomic mass is 9.96. The Balaban J connectivity index is 0.00000338. The molecule has 0 aliphatic rings. The van der Waals surface area contributed by atoms with Gasteiger partial charge in [-0.05, 0) is 41.7 Å². The highest BCUT2D eigenvalue weighted by Crippen LogP contribution is 2.31. The molecule has 2 rings (SSSR count). The molecule has 2 aromatic rings. The number of nitrogens with one attached hydrogen (secondary N) is 1. The number of carbonyl (C=O) groups excluding carboxylic acids is 1. The minimum atomic E-state index is -4.34. The zero-order valence-corrected chi connectivity index (χ0v) is 15.2. The van der Waals surface area contributed by atoms with E-state index >= 15 is 0 Å². The number of carbonyl (C=O) groups is 1. The van der Waals surface area contributed by atoms with Gasteiger partial charge in [0.2, 0.25) is 5.91 Å². The first-order chi connectivity index (χ1) is 11.8. The van der Waals surface area contributed by atoms with Crippen molar-refractivity contribution >= 4 is 24.0 Å². The maximum Gasteiger partial charge on any atom is 0.416 e. The summed E-state index contributed by atoms with van der Waals surface area (Å²) >= 11 is 0. The molecule has 142 valence electrons. The van der Waals surface area contributed by atoms with E-state index in [0.717, 1.165) is 11.6 Å². The smallest absolute Gasteiger partial charge is 0.399 e. The Morgan fingerprint density at radius 2 is 1.81 bits per heavy atom. The van der Waals surface area contributed by atoms with Crippen LogP contribution in [0, 0.1) is 0 Å². The van der Waals surface area contributed by atoms with Gasteiger partial charge in [0.1, 0.15) is 0 Å². The lowest BCUT2D eigenvalue weighted by Gasteiger charge is -2.15. The van der Waals surface area contributed by atoms with Crippen LogP contribution in [-0.2, 0) is 17.4 Å². The molecule has 0 fully saturated rings. The largest absolute Gasteiger partial charge is 0.416 e. The molecule has 1 amide bonds. The minimum absolute atomic E-state index is 0.